The average molecular weight is 1400 g/mol. The summed E-state index contributed by atoms with van der Waals surface area (Å²) in [5.74, 6) is -0.827. The lowest BCUT2D eigenvalue weighted by atomic mass is 10.0. The van der Waals surface area contributed by atoms with Crippen LogP contribution in [0, 0.1) is 0 Å². The number of hydrogen-bond acceptors (Lipinski definition) is 8. The van der Waals surface area contributed by atoms with Crippen LogP contribution in [-0.4, -0.2) is 49.3 Å². The number of allylic oxidation sites excluding steroid dienone is 20. The van der Waals surface area contributed by atoms with Crippen molar-refractivity contribution in [3.63, 3.8) is 0 Å². The van der Waals surface area contributed by atoms with Crippen LogP contribution < -0.4 is 5.73 Å². The zero-order valence-corrected chi connectivity index (χ0v) is 65.6. The van der Waals surface area contributed by atoms with Crippen molar-refractivity contribution in [2.75, 3.05) is 26.4 Å². The van der Waals surface area contributed by atoms with Crippen LogP contribution in [0.25, 0.3) is 0 Å². The molecule has 572 valence electrons. The van der Waals surface area contributed by atoms with Gasteiger partial charge in [-0.15, -0.1) is 0 Å². The fourth-order valence-corrected chi connectivity index (χ4v) is 13.0. The summed E-state index contributed by atoms with van der Waals surface area (Å²) in [6, 6.07) is 0. The van der Waals surface area contributed by atoms with E-state index in [0.717, 1.165) is 109 Å². The number of esters is 2. The predicted molar refractivity (Wildman–Crippen MR) is 431 cm³/mol. The highest BCUT2D eigenvalue weighted by Crippen LogP contribution is 2.43. The van der Waals surface area contributed by atoms with E-state index in [-0.39, 0.29) is 38.6 Å². The molecular formula is C89H158NO8P. The molecule has 10 heteroatoms. The second-order valence-electron chi connectivity index (χ2n) is 28.0. The number of carbonyl (C=O) groups excluding carboxylic acids is 2. The van der Waals surface area contributed by atoms with Gasteiger partial charge < -0.3 is 20.1 Å². The van der Waals surface area contributed by atoms with Gasteiger partial charge in [0, 0.05) is 19.4 Å². The third-order valence-electron chi connectivity index (χ3n) is 18.4. The van der Waals surface area contributed by atoms with Crippen LogP contribution >= 0.6 is 7.82 Å². The minimum atomic E-state index is -4.41. The Labute approximate surface area is 612 Å². The molecule has 0 aliphatic carbocycles. The Kier molecular flexibility index (Phi) is 80.3. The average Bonchev–Trinajstić information content (AvgIpc) is 1.35. The molecular weight excluding hydrogens is 1240 g/mol. The lowest BCUT2D eigenvalue weighted by molar-refractivity contribution is -0.161. The maximum absolute atomic E-state index is 12.8. The van der Waals surface area contributed by atoms with Crippen LogP contribution in [0.3, 0.4) is 0 Å². The van der Waals surface area contributed by atoms with Gasteiger partial charge in [-0.1, -0.05) is 418 Å². The topological polar surface area (TPSA) is 134 Å². The lowest BCUT2D eigenvalue weighted by Gasteiger charge is -2.19. The largest absolute Gasteiger partial charge is 0.472 e. The molecule has 0 saturated carbocycles. The maximum Gasteiger partial charge on any atom is 0.472 e. The number of ether oxygens (including phenoxy) is 2. The van der Waals surface area contributed by atoms with Crippen molar-refractivity contribution in [2.24, 2.45) is 5.73 Å². The van der Waals surface area contributed by atoms with E-state index in [1.165, 1.54) is 257 Å². The van der Waals surface area contributed by atoms with Crippen molar-refractivity contribution in [1.29, 1.82) is 0 Å². The summed E-state index contributed by atoms with van der Waals surface area (Å²) in [5, 5.41) is 0. The third-order valence-corrected chi connectivity index (χ3v) is 19.3. The molecule has 0 fully saturated rings. The number of phosphoric ester groups is 1. The monoisotopic (exact) mass is 1400 g/mol. The summed E-state index contributed by atoms with van der Waals surface area (Å²) < 4.78 is 33.3. The quantitative estimate of drug-likeness (QED) is 0.0264. The number of carbonyl (C=O) groups is 2. The minimum Gasteiger partial charge on any atom is -0.462 e. The molecule has 99 heavy (non-hydrogen) atoms. The normalized spacial score (nSPS) is 13.5. The fourth-order valence-electron chi connectivity index (χ4n) is 12.2. The van der Waals surface area contributed by atoms with Gasteiger partial charge in [-0.2, -0.15) is 0 Å². The van der Waals surface area contributed by atoms with Crippen molar-refractivity contribution in [1.82, 2.24) is 0 Å². The Morgan fingerprint density at radius 2 is 0.556 bits per heavy atom. The van der Waals surface area contributed by atoms with Gasteiger partial charge in [0.05, 0.1) is 13.2 Å². The fraction of sp³-hybridized carbons (Fsp3) is 0.753. The predicted octanol–water partition coefficient (Wildman–Crippen LogP) is 28.5. The van der Waals surface area contributed by atoms with E-state index >= 15 is 0 Å². The van der Waals surface area contributed by atoms with Crippen LogP contribution in [0.15, 0.2) is 122 Å². The smallest absolute Gasteiger partial charge is 0.462 e. The van der Waals surface area contributed by atoms with Crippen LogP contribution in [0.1, 0.15) is 399 Å². The van der Waals surface area contributed by atoms with Crippen LogP contribution in [0.5, 0.6) is 0 Å². The van der Waals surface area contributed by atoms with Crippen molar-refractivity contribution >= 4 is 19.8 Å². The van der Waals surface area contributed by atoms with Crippen molar-refractivity contribution in [3.05, 3.63) is 122 Å². The Morgan fingerprint density at radius 1 is 0.313 bits per heavy atom. The Morgan fingerprint density at radius 3 is 0.828 bits per heavy atom. The van der Waals surface area contributed by atoms with Crippen LogP contribution in [0.4, 0.5) is 0 Å². The second-order valence-corrected chi connectivity index (χ2v) is 29.4. The third kappa shape index (κ3) is 83.2. The molecule has 2 atom stereocenters. The standard InChI is InChI=1S/C89H158NO8P/c1-3-5-7-9-11-13-15-17-19-21-23-25-27-29-31-33-35-37-39-41-43-45-47-49-51-53-55-57-59-61-63-65-67-69-71-73-75-77-79-81-88(91)95-85-87(86-97-99(93,94)96-84-83-90)98-89(92)82-80-78-76-74-72-70-68-66-64-62-60-58-56-54-52-50-48-46-44-42-40-38-36-34-32-30-28-26-24-22-20-18-16-14-12-10-8-6-4-2/h6,8,12,14,18,20,24,26,30,32,36,38,42,44,48,50,54,56,60,62,87H,3-5,7,9-11,13,15-17,19,21-23,25,27-29,31,33-35,37,39-41,43,45-47,49,51-53,55,57-59,61,63-86,90H2,1-2H3,(H,93,94)/b8-6-,14-12-,20-18-,26-24-,32-30-,38-36-,44-42-,50-48-,56-54-,62-60-. The number of nitrogens with two attached hydrogens (primary N) is 1. The molecule has 0 rings (SSSR count). The molecule has 0 aromatic rings. The summed E-state index contributed by atoms with van der Waals surface area (Å²) in [6.45, 7) is 3.67. The molecule has 0 aliphatic rings. The van der Waals surface area contributed by atoms with E-state index in [9.17, 15) is 19.0 Å². The zero-order chi connectivity index (χ0) is 71.5. The molecule has 0 aromatic carbocycles. The van der Waals surface area contributed by atoms with E-state index in [0.29, 0.717) is 6.42 Å². The number of rotatable bonds is 79. The molecule has 0 saturated heterocycles. The van der Waals surface area contributed by atoms with Crippen molar-refractivity contribution in [3.8, 4) is 0 Å². The Hall–Kier alpha value is -3.59. The van der Waals surface area contributed by atoms with E-state index < -0.39 is 26.5 Å². The van der Waals surface area contributed by atoms with Crippen LogP contribution in [0.2, 0.25) is 0 Å². The Bertz CT molecular complexity index is 2050. The summed E-state index contributed by atoms with van der Waals surface area (Å²) in [4.78, 5) is 35.5. The van der Waals surface area contributed by atoms with Crippen molar-refractivity contribution < 1.29 is 37.6 Å². The molecule has 9 nitrogen and oxygen atoms in total. The Balaban J connectivity index is 3.83. The van der Waals surface area contributed by atoms with E-state index in [1.54, 1.807) is 0 Å². The maximum atomic E-state index is 12.8. The summed E-state index contributed by atoms with van der Waals surface area (Å²) >= 11 is 0. The van der Waals surface area contributed by atoms with Gasteiger partial charge in [-0.25, -0.2) is 4.57 Å². The van der Waals surface area contributed by atoms with Gasteiger partial charge in [-0.3, -0.25) is 18.6 Å². The van der Waals surface area contributed by atoms with Gasteiger partial charge >= 0.3 is 19.8 Å². The first-order valence-electron chi connectivity index (χ1n) is 42.0. The highest BCUT2D eigenvalue weighted by molar-refractivity contribution is 7.47. The summed E-state index contributed by atoms with van der Waals surface area (Å²) in [5.41, 5.74) is 5.42. The minimum absolute atomic E-state index is 0.0484. The zero-order valence-electron chi connectivity index (χ0n) is 64.7. The SMILES string of the molecule is CC/C=C\C/C=C\C/C=C\C/C=C\C/C=C\C/C=C\C/C=C\C/C=C\C/C=C\C/C=C\CCCCCCCCCCC(=O)OC(COC(=O)CCCCCCCCCCCCCCCCCCCCCCCCCCCCCCCCCCCCCCCCC)COP(=O)(O)OCCN. The first kappa shape index (κ1) is 95.4. The number of phosphoric acid groups is 1. The molecule has 0 spiro atoms. The van der Waals surface area contributed by atoms with E-state index in [2.05, 4.69) is 135 Å². The highest BCUT2D eigenvalue weighted by Gasteiger charge is 2.26. The molecule has 0 aliphatic heterocycles. The first-order valence-corrected chi connectivity index (χ1v) is 43.5. The molecule has 0 heterocycles. The number of hydrogen-bond donors (Lipinski definition) is 2. The molecule has 0 amide bonds. The molecule has 2 unspecified atom stereocenters. The van der Waals surface area contributed by atoms with Gasteiger partial charge in [0.1, 0.15) is 6.61 Å². The molecule has 3 N–H and O–H groups in total. The van der Waals surface area contributed by atoms with E-state index in [4.69, 9.17) is 24.3 Å². The lowest BCUT2D eigenvalue weighted by Crippen LogP contribution is -2.29. The van der Waals surface area contributed by atoms with Gasteiger partial charge in [0.15, 0.2) is 6.10 Å². The van der Waals surface area contributed by atoms with Gasteiger partial charge in [-0.05, 0) is 89.9 Å². The van der Waals surface area contributed by atoms with Gasteiger partial charge in [0.25, 0.3) is 0 Å². The number of unbranched alkanes of at least 4 members (excludes halogenated alkanes) is 46. The molecule has 0 bridgehead atoms. The first-order chi connectivity index (χ1) is 48.8. The van der Waals surface area contributed by atoms with Crippen molar-refractivity contribution in [2.45, 2.75) is 405 Å². The van der Waals surface area contributed by atoms with Crippen LogP contribution in [-0.2, 0) is 32.7 Å². The summed E-state index contributed by atoms with van der Waals surface area (Å²) in [6.07, 6.45) is 118. The van der Waals surface area contributed by atoms with E-state index in [1.807, 2.05) is 0 Å². The highest BCUT2D eigenvalue weighted by atomic mass is 31.2. The molecule has 0 radical (unpaired) electrons. The summed E-state index contributed by atoms with van der Waals surface area (Å²) in [7, 11) is -4.41. The van der Waals surface area contributed by atoms with Gasteiger partial charge in [0.2, 0.25) is 0 Å². The second kappa shape index (κ2) is 83.4. The molecule has 0 aromatic heterocycles.